The summed E-state index contributed by atoms with van der Waals surface area (Å²) in [5.74, 6) is -2.56. The highest BCUT2D eigenvalue weighted by Crippen LogP contribution is 2.30. The summed E-state index contributed by atoms with van der Waals surface area (Å²) in [6.07, 6.45) is -8.65. The first-order valence-electron chi connectivity index (χ1n) is 8.90. The van der Waals surface area contributed by atoms with Crippen molar-refractivity contribution < 1.29 is 47.2 Å². The van der Waals surface area contributed by atoms with Crippen molar-refractivity contribution in [1.82, 2.24) is 14.9 Å². The molecule has 1 aliphatic rings. The molecular weight excluding hydrogens is 433 g/mol. The summed E-state index contributed by atoms with van der Waals surface area (Å²) in [6, 6.07) is 1.31. The van der Waals surface area contributed by atoms with Gasteiger partial charge in [-0.3, -0.25) is 14.2 Å². The van der Waals surface area contributed by atoms with Gasteiger partial charge in [0.1, 0.15) is 30.9 Å². The van der Waals surface area contributed by atoms with Gasteiger partial charge in [0.25, 0.3) is 0 Å². The molecule has 1 unspecified atom stereocenters. The van der Waals surface area contributed by atoms with Gasteiger partial charge in [-0.05, 0) is 6.07 Å². The molecule has 0 bridgehead atoms. The monoisotopic (exact) mass is 454 g/mol. The number of alkyl halides is 3. The molecule has 31 heavy (non-hydrogen) atoms. The first-order chi connectivity index (χ1) is 14.5. The van der Waals surface area contributed by atoms with Crippen molar-refractivity contribution in [2.75, 3.05) is 31.9 Å². The van der Waals surface area contributed by atoms with Crippen LogP contribution in [0.3, 0.4) is 0 Å². The molecular formula is C16H21F3N4O8. The van der Waals surface area contributed by atoms with E-state index in [0.717, 1.165) is 4.57 Å². The van der Waals surface area contributed by atoms with Crippen LogP contribution in [0.2, 0.25) is 0 Å². The summed E-state index contributed by atoms with van der Waals surface area (Å²) in [7, 11) is 0. The van der Waals surface area contributed by atoms with Crippen LogP contribution in [0.15, 0.2) is 17.1 Å². The van der Waals surface area contributed by atoms with Gasteiger partial charge in [0, 0.05) is 19.7 Å². The van der Waals surface area contributed by atoms with Gasteiger partial charge in [-0.1, -0.05) is 0 Å². The fourth-order valence-corrected chi connectivity index (χ4v) is 2.65. The molecule has 0 aliphatic carbocycles. The third kappa shape index (κ3) is 6.70. The standard InChI is InChI=1S/C16H21F3N4O8/c1-8(25)21-10-2-4-23(15(28)22-10)13-12(11(26)9(6-24)31-13)30-7-29-5-3-20-14(27)16(17,18)19/h2,4,9,11-13,24,26H,3,5-7H2,1H3,(H,20,27)(H,21,22,25,28)/t9-,11?,12+,13-/m1/s1. The lowest BCUT2D eigenvalue weighted by Gasteiger charge is -2.22. The molecule has 15 heteroatoms. The molecule has 0 aromatic carbocycles. The van der Waals surface area contributed by atoms with Crippen LogP contribution < -0.4 is 16.3 Å². The largest absolute Gasteiger partial charge is 0.471 e. The van der Waals surface area contributed by atoms with Gasteiger partial charge >= 0.3 is 17.8 Å². The highest BCUT2D eigenvalue weighted by Gasteiger charge is 2.46. The maximum absolute atomic E-state index is 12.3. The van der Waals surface area contributed by atoms with E-state index in [0.29, 0.717) is 0 Å². The second-order valence-corrected chi connectivity index (χ2v) is 6.33. The molecule has 174 valence electrons. The SMILES string of the molecule is CC(=O)Nc1ccn([C@@H]2O[C@H](CO)C(O)[C@@H]2OCOCCNC(=O)C(F)(F)F)c(=O)n1. The fraction of sp³-hybridized carbons (Fsp3) is 0.625. The number of carbonyl (C=O) groups is 2. The minimum atomic E-state index is -5.01. The topological polar surface area (TPSA) is 161 Å². The van der Waals surface area contributed by atoms with Gasteiger partial charge in [-0.25, -0.2) is 4.79 Å². The number of hydrogen-bond acceptors (Lipinski definition) is 9. The summed E-state index contributed by atoms with van der Waals surface area (Å²) in [6.45, 7) is -0.648. The Morgan fingerprint density at radius 3 is 2.68 bits per heavy atom. The fourth-order valence-electron chi connectivity index (χ4n) is 2.65. The van der Waals surface area contributed by atoms with Crippen molar-refractivity contribution in [1.29, 1.82) is 0 Å². The zero-order valence-corrected chi connectivity index (χ0v) is 16.2. The molecule has 12 nitrogen and oxygen atoms in total. The van der Waals surface area contributed by atoms with E-state index in [-0.39, 0.29) is 12.4 Å². The number of nitrogens with zero attached hydrogens (tertiary/aromatic N) is 2. The van der Waals surface area contributed by atoms with E-state index in [1.54, 1.807) is 5.32 Å². The van der Waals surface area contributed by atoms with Gasteiger partial charge in [-0.2, -0.15) is 18.2 Å². The lowest BCUT2D eigenvalue weighted by atomic mass is 10.1. The number of halogens is 3. The van der Waals surface area contributed by atoms with Crippen molar-refractivity contribution >= 4 is 17.6 Å². The molecule has 0 spiro atoms. The number of amides is 2. The van der Waals surface area contributed by atoms with Crippen molar-refractivity contribution in [3.63, 3.8) is 0 Å². The van der Waals surface area contributed by atoms with E-state index in [1.165, 1.54) is 19.2 Å². The number of aliphatic hydroxyl groups is 2. The van der Waals surface area contributed by atoms with Gasteiger partial charge in [-0.15, -0.1) is 0 Å². The Bertz CT molecular complexity index is 834. The van der Waals surface area contributed by atoms with E-state index in [9.17, 15) is 37.8 Å². The highest BCUT2D eigenvalue weighted by atomic mass is 19.4. The molecule has 4 N–H and O–H groups in total. The highest BCUT2D eigenvalue weighted by molar-refractivity contribution is 5.87. The van der Waals surface area contributed by atoms with E-state index < -0.39 is 68.2 Å². The van der Waals surface area contributed by atoms with Crippen LogP contribution in [0, 0.1) is 0 Å². The minimum Gasteiger partial charge on any atom is -0.394 e. The van der Waals surface area contributed by atoms with Crippen molar-refractivity contribution in [3.8, 4) is 0 Å². The third-order valence-corrected chi connectivity index (χ3v) is 4.03. The van der Waals surface area contributed by atoms with Crippen molar-refractivity contribution in [3.05, 3.63) is 22.7 Å². The molecule has 1 aliphatic heterocycles. The van der Waals surface area contributed by atoms with Crippen LogP contribution in [0.1, 0.15) is 13.2 Å². The Morgan fingerprint density at radius 2 is 2.10 bits per heavy atom. The number of aliphatic hydroxyl groups excluding tert-OH is 2. The number of anilines is 1. The average Bonchev–Trinajstić information content (AvgIpc) is 2.98. The smallest absolute Gasteiger partial charge is 0.394 e. The minimum absolute atomic E-state index is 0.00675. The lowest BCUT2D eigenvalue weighted by Crippen LogP contribution is -2.39. The molecule has 2 amide bonds. The third-order valence-electron chi connectivity index (χ3n) is 4.03. The van der Waals surface area contributed by atoms with Crippen LogP contribution in [-0.4, -0.2) is 82.6 Å². The second kappa shape index (κ2) is 10.6. The Labute approximate surface area is 172 Å². The molecule has 1 aromatic rings. The molecule has 1 fully saturated rings. The number of nitrogens with one attached hydrogen (secondary N) is 2. The van der Waals surface area contributed by atoms with E-state index in [4.69, 9.17) is 14.2 Å². The summed E-state index contributed by atoms with van der Waals surface area (Å²) in [5.41, 5.74) is -0.841. The maximum atomic E-state index is 12.3. The van der Waals surface area contributed by atoms with E-state index in [2.05, 4.69) is 10.3 Å². The van der Waals surface area contributed by atoms with Crippen molar-refractivity contribution in [2.45, 2.75) is 37.6 Å². The number of ether oxygens (including phenoxy) is 3. The molecule has 0 saturated carbocycles. The molecule has 1 saturated heterocycles. The van der Waals surface area contributed by atoms with Crippen LogP contribution in [0.4, 0.5) is 19.0 Å². The Balaban J connectivity index is 1.96. The second-order valence-electron chi connectivity index (χ2n) is 6.33. The number of aromatic nitrogens is 2. The number of hydrogen-bond donors (Lipinski definition) is 4. The Hall–Kier alpha value is -2.59. The molecule has 0 radical (unpaired) electrons. The molecule has 2 heterocycles. The summed E-state index contributed by atoms with van der Waals surface area (Å²) < 4.78 is 52.9. The van der Waals surface area contributed by atoms with E-state index >= 15 is 0 Å². The van der Waals surface area contributed by atoms with E-state index in [1.807, 2.05) is 0 Å². The summed E-state index contributed by atoms with van der Waals surface area (Å²) in [5, 5.41) is 23.5. The molecule has 2 rings (SSSR count). The van der Waals surface area contributed by atoms with Crippen LogP contribution in [-0.2, 0) is 23.8 Å². The zero-order chi connectivity index (χ0) is 23.2. The average molecular weight is 454 g/mol. The molecule has 4 atom stereocenters. The first kappa shape index (κ1) is 24.7. The maximum Gasteiger partial charge on any atom is 0.471 e. The Kier molecular flexibility index (Phi) is 8.46. The number of carbonyl (C=O) groups excluding carboxylic acids is 2. The Morgan fingerprint density at radius 1 is 1.39 bits per heavy atom. The summed E-state index contributed by atoms with van der Waals surface area (Å²) >= 11 is 0. The van der Waals surface area contributed by atoms with Gasteiger partial charge in [0.05, 0.1) is 13.2 Å². The normalized spacial score (nSPS) is 23.5. The van der Waals surface area contributed by atoms with Crippen molar-refractivity contribution in [2.24, 2.45) is 0 Å². The summed E-state index contributed by atoms with van der Waals surface area (Å²) in [4.78, 5) is 37.7. The van der Waals surface area contributed by atoms with Crippen LogP contribution in [0.25, 0.3) is 0 Å². The first-order valence-corrected chi connectivity index (χ1v) is 8.90. The van der Waals surface area contributed by atoms with Gasteiger partial charge < -0.3 is 35.1 Å². The van der Waals surface area contributed by atoms with Crippen LogP contribution >= 0.6 is 0 Å². The lowest BCUT2D eigenvalue weighted by molar-refractivity contribution is -0.174. The quantitative estimate of drug-likeness (QED) is 0.257. The number of rotatable bonds is 9. The van der Waals surface area contributed by atoms with Gasteiger partial charge in [0.15, 0.2) is 6.23 Å². The van der Waals surface area contributed by atoms with Gasteiger partial charge in [0.2, 0.25) is 5.91 Å². The predicted octanol–water partition coefficient (Wildman–Crippen LogP) is -1.51. The zero-order valence-electron chi connectivity index (χ0n) is 16.2. The van der Waals surface area contributed by atoms with Crippen LogP contribution in [0.5, 0.6) is 0 Å². The predicted molar refractivity (Wildman–Crippen MR) is 94.6 cm³/mol. The molecule has 1 aromatic heterocycles.